The summed E-state index contributed by atoms with van der Waals surface area (Å²) in [6.45, 7) is 4.16. The van der Waals surface area contributed by atoms with Gasteiger partial charge in [-0.3, -0.25) is 4.79 Å². The highest BCUT2D eigenvalue weighted by Crippen LogP contribution is 2.20. The Morgan fingerprint density at radius 2 is 1.77 bits per heavy atom. The lowest BCUT2D eigenvalue weighted by Gasteiger charge is -2.30. The smallest absolute Gasteiger partial charge is 0.253 e. The van der Waals surface area contributed by atoms with E-state index in [2.05, 4.69) is 10.3 Å². The van der Waals surface area contributed by atoms with Crippen molar-refractivity contribution in [2.45, 2.75) is 24.8 Å². The summed E-state index contributed by atoms with van der Waals surface area (Å²) < 4.78 is 29.4. The van der Waals surface area contributed by atoms with Crippen LogP contribution in [0.15, 0.2) is 71.9 Å². The van der Waals surface area contributed by atoms with Crippen LogP contribution < -0.4 is 0 Å². The molecule has 0 spiro atoms. The van der Waals surface area contributed by atoms with Gasteiger partial charge in [0.05, 0.1) is 23.0 Å². The topological polar surface area (TPSA) is 88.4 Å². The Hall–Kier alpha value is -3.04. The van der Waals surface area contributed by atoms with Crippen molar-refractivity contribution in [3.05, 3.63) is 72.6 Å². The van der Waals surface area contributed by atoms with Crippen LogP contribution in [-0.2, 0) is 10.0 Å². The van der Waals surface area contributed by atoms with Crippen LogP contribution in [0.5, 0.6) is 0 Å². The maximum Gasteiger partial charge on any atom is 0.253 e. The van der Waals surface area contributed by atoms with Gasteiger partial charge in [0, 0.05) is 31.7 Å². The summed E-state index contributed by atoms with van der Waals surface area (Å²) in [5, 5.41) is 7.65. The number of aromatic nitrogens is 3. The van der Waals surface area contributed by atoms with Crippen LogP contribution in [0, 0.1) is 0 Å². The number of benzene rings is 2. The van der Waals surface area contributed by atoms with E-state index >= 15 is 0 Å². The van der Waals surface area contributed by atoms with Crippen molar-refractivity contribution in [2.24, 2.45) is 0 Å². The quantitative estimate of drug-likeness (QED) is 0.551. The van der Waals surface area contributed by atoms with Gasteiger partial charge in [-0.25, -0.2) is 13.1 Å². The first kappa shape index (κ1) is 21.7. The summed E-state index contributed by atoms with van der Waals surface area (Å²) in [4.78, 5) is 14.3. The van der Waals surface area contributed by atoms with Crippen molar-refractivity contribution in [1.29, 1.82) is 0 Å². The van der Waals surface area contributed by atoms with Gasteiger partial charge in [0.2, 0.25) is 10.0 Å². The molecule has 0 saturated heterocycles. The molecule has 0 fully saturated rings. The molecule has 3 rings (SSSR count). The fourth-order valence-corrected chi connectivity index (χ4v) is 4.97. The number of nitrogens with zero attached hydrogens (tertiary/aromatic N) is 5. The molecule has 0 radical (unpaired) electrons. The molecule has 1 aromatic heterocycles. The monoisotopic (exact) mass is 427 g/mol. The van der Waals surface area contributed by atoms with Crippen LogP contribution >= 0.6 is 0 Å². The number of carbonyl (C=O) groups is 1. The largest absolute Gasteiger partial charge is 0.340 e. The summed E-state index contributed by atoms with van der Waals surface area (Å²) in [5.74, 6) is -0.145. The highest BCUT2D eigenvalue weighted by molar-refractivity contribution is 7.89. The molecular weight excluding hydrogens is 402 g/mol. The molecule has 9 heteroatoms. The zero-order chi connectivity index (χ0) is 21.7. The molecule has 3 aromatic rings. The van der Waals surface area contributed by atoms with Crippen LogP contribution in [0.25, 0.3) is 5.69 Å². The van der Waals surface area contributed by atoms with E-state index in [-0.39, 0.29) is 17.3 Å². The van der Waals surface area contributed by atoms with Gasteiger partial charge < -0.3 is 4.90 Å². The third-order valence-electron chi connectivity index (χ3n) is 4.84. The number of sulfonamides is 1. The Morgan fingerprint density at radius 3 is 2.33 bits per heavy atom. The number of likely N-dealkylation sites (N-methyl/N-ethyl adjacent to an activating group) is 2. The van der Waals surface area contributed by atoms with Crippen molar-refractivity contribution in [2.75, 3.05) is 20.1 Å². The second kappa shape index (κ2) is 9.19. The van der Waals surface area contributed by atoms with E-state index < -0.39 is 16.1 Å². The van der Waals surface area contributed by atoms with Crippen molar-refractivity contribution in [3.8, 4) is 5.69 Å². The van der Waals surface area contributed by atoms with Crippen molar-refractivity contribution in [1.82, 2.24) is 24.2 Å². The minimum absolute atomic E-state index is 0.145. The van der Waals surface area contributed by atoms with Crippen molar-refractivity contribution >= 4 is 15.9 Å². The Bertz CT molecular complexity index is 1070. The van der Waals surface area contributed by atoms with E-state index in [0.29, 0.717) is 12.1 Å². The normalized spacial score (nSPS) is 12.7. The first-order valence-electron chi connectivity index (χ1n) is 9.63. The zero-order valence-corrected chi connectivity index (χ0v) is 18.0. The van der Waals surface area contributed by atoms with Gasteiger partial charge in [-0.05, 0) is 43.3 Å². The van der Waals surface area contributed by atoms with Gasteiger partial charge >= 0.3 is 0 Å². The van der Waals surface area contributed by atoms with Crippen molar-refractivity contribution < 1.29 is 13.2 Å². The molecular formula is C21H25N5O3S. The maximum atomic E-state index is 13.2. The van der Waals surface area contributed by atoms with Crippen LogP contribution in [0.2, 0.25) is 0 Å². The van der Waals surface area contributed by atoms with E-state index in [9.17, 15) is 13.2 Å². The third kappa shape index (κ3) is 4.58. The van der Waals surface area contributed by atoms with Gasteiger partial charge in [-0.15, -0.1) is 5.10 Å². The van der Waals surface area contributed by atoms with Crippen LogP contribution in [0.4, 0.5) is 0 Å². The number of hydrogen-bond donors (Lipinski definition) is 0. The third-order valence-corrected chi connectivity index (χ3v) is 6.94. The standard InChI is InChI=1S/C21H25N5O3S/c1-4-26(17(2)16-24(3)21(27)18-8-6-5-7-9-18)30(28,29)20-12-10-19(11-13-20)25-15-14-22-23-25/h5-15,17H,4,16H2,1-3H3. The molecule has 1 heterocycles. The summed E-state index contributed by atoms with van der Waals surface area (Å²) >= 11 is 0. The molecule has 8 nitrogen and oxygen atoms in total. The number of carbonyl (C=O) groups excluding carboxylic acids is 1. The van der Waals surface area contributed by atoms with Crippen LogP contribution in [0.3, 0.4) is 0 Å². The van der Waals surface area contributed by atoms with Crippen LogP contribution in [0.1, 0.15) is 24.2 Å². The van der Waals surface area contributed by atoms with Gasteiger partial charge in [-0.2, -0.15) is 4.31 Å². The predicted octanol–water partition coefficient (Wildman–Crippen LogP) is 2.44. The molecule has 0 aliphatic heterocycles. The maximum absolute atomic E-state index is 13.2. The average Bonchev–Trinajstić information content (AvgIpc) is 3.29. The molecule has 1 atom stereocenters. The Balaban J connectivity index is 1.75. The number of hydrogen-bond acceptors (Lipinski definition) is 5. The van der Waals surface area contributed by atoms with E-state index in [1.54, 1.807) is 91.4 Å². The number of amides is 1. The molecule has 0 bridgehead atoms. The highest BCUT2D eigenvalue weighted by Gasteiger charge is 2.29. The fourth-order valence-electron chi connectivity index (χ4n) is 3.34. The van der Waals surface area contributed by atoms with Gasteiger partial charge in [0.1, 0.15) is 0 Å². The highest BCUT2D eigenvalue weighted by atomic mass is 32.2. The molecule has 2 aromatic carbocycles. The van der Waals surface area contributed by atoms with Gasteiger partial charge in [0.15, 0.2) is 0 Å². The summed E-state index contributed by atoms with van der Waals surface area (Å²) in [5.41, 5.74) is 1.29. The lowest BCUT2D eigenvalue weighted by atomic mass is 10.2. The zero-order valence-electron chi connectivity index (χ0n) is 17.2. The second-order valence-electron chi connectivity index (χ2n) is 6.95. The van der Waals surface area contributed by atoms with E-state index in [0.717, 1.165) is 5.69 Å². The molecule has 0 aliphatic rings. The van der Waals surface area contributed by atoms with E-state index in [4.69, 9.17) is 0 Å². The molecule has 158 valence electrons. The Morgan fingerprint density at radius 1 is 1.10 bits per heavy atom. The molecule has 1 unspecified atom stereocenters. The molecule has 0 saturated carbocycles. The number of rotatable bonds is 8. The molecule has 0 aliphatic carbocycles. The lowest BCUT2D eigenvalue weighted by molar-refractivity contribution is 0.0769. The molecule has 0 N–H and O–H groups in total. The van der Waals surface area contributed by atoms with E-state index in [1.165, 1.54) is 4.31 Å². The Labute approximate surface area is 176 Å². The van der Waals surface area contributed by atoms with Gasteiger partial charge in [-0.1, -0.05) is 30.3 Å². The minimum Gasteiger partial charge on any atom is -0.340 e. The Kier molecular flexibility index (Phi) is 6.63. The second-order valence-corrected chi connectivity index (χ2v) is 8.84. The minimum atomic E-state index is -3.72. The summed E-state index contributed by atoms with van der Waals surface area (Å²) in [7, 11) is -2.04. The average molecular weight is 428 g/mol. The predicted molar refractivity (Wildman–Crippen MR) is 114 cm³/mol. The molecule has 30 heavy (non-hydrogen) atoms. The lowest BCUT2D eigenvalue weighted by Crippen LogP contribution is -2.45. The first-order valence-corrected chi connectivity index (χ1v) is 11.1. The molecule has 1 amide bonds. The summed E-state index contributed by atoms with van der Waals surface area (Å²) in [6.07, 6.45) is 3.24. The van der Waals surface area contributed by atoms with E-state index in [1.807, 2.05) is 6.07 Å². The van der Waals surface area contributed by atoms with Crippen molar-refractivity contribution in [3.63, 3.8) is 0 Å². The van der Waals surface area contributed by atoms with Gasteiger partial charge in [0.25, 0.3) is 5.91 Å². The first-order chi connectivity index (χ1) is 14.3. The van der Waals surface area contributed by atoms with Crippen LogP contribution in [-0.4, -0.2) is 64.7 Å². The summed E-state index contributed by atoms with van der Waals surface area (Å²) in [6, 6.07) is 15.0. The fraction of sp³-hybridized carbons (Fsp3) is 0.286. The SMILES string of the molecule is CCN(C(C)CN(C)C(=O)c1ccccc1)S(=O)(=O)c1ccc(-n2ccnn2)cc1.